The van der Waals surface area contributed by atoms with Crippen LogP contribution in [0.4, 0.5) is 0 Å². The molecule has 4 rings (SSSR count). The van der Waals surface area contributed by atoms with Crippen LogP contribution in [-0.2, 0) is 15.1 Å². The van der Waals surface area contributed by atoms with Gasteiger partial charge in [0.25, 0.3) is 11.8 Å². The van der Waals surface area contributed by atoms with Crippen LogP contribution in [0.2, 0.25) is 0 Å². The Hall–Kier alpha value is -3.74. The van der Waals surface area contributed by atoms with Crippen LogP contribution in [0.15, 0.2) is 82.4 Å². The third kappa shape index (κ3) is 4.25. The minimum Gasteiger partial charge on any atom is -0.369 e. The third-order valence-corrected chi connectivity index (χ3v) is 6.18. The van der Waals surface area contributed by atoms with Crippen molar-refractivity contribution in [1.82, 2.24) is 9.80 Å². The smallest absolute Gasteiger partial charge is 0.268 e. The highest BCUT2D eigenvalue weighted by molar-refractivity contribution is 6.40. The second-order valence-electron chi connectivity index (χ2n) is 8.64. The lowest BCUT2D eigenvalue weighted by atomic mass is 9.83. The Morgan fingerprint density at radius 1 is 1.00 bits per heavy atom. The van der Waals surface area contributed by atoms with Crippen molar-refractivity contribution in [2.75, 3.05) is 19.6 Å². The molecule has 0 saturated heterocycles. The van der Waals surface area contributed by atoms with E-state index in [9.17, 15) is 9.59 Å². The fourth-order valence-corrected chi connectivity index (χ4v) is 4.58. The highest BCUT2D eigenvalue weighted by Gasteiger charge is 2.50. The molecule has 0 fully saturated rings. The lowest BCUT2D eigenvalue weighted by Gasteiger charge is -2.27. The molecule has 0 saturated carbocycles. The Morgan fingerprint density at radius 3 is 2.09 bits per heavy atom. The van der Waals surface area contributed by atoms with E-state index in [1.807, 2.05) is 65.6 Å². The van der Waals surface area contributed by atoms with Gasteiger partial charge in [0.05, 0.1) is 6.54 Å². The van der Waals surface area contributed by atoms with Gasteiger partial charge < -0.3 is 10.6 Å². The Balaban J connectivity index is 1.55. The van der Waals surface area contributed by atoms with Crippen molar-refractivity contribution in [3.05, 3.63) is 83.6 Å². The SMILES string of the molecule is CCCN(CCC)C(=O)C1=NC=C(CN2C(=O)C(c3ccccc3)(c3ccccc3)N=C2N)C1. The quantitative estimate of drug-likeness (QED) is 0.625. The Labute approximate surface area is 200 Å². The van der Waals surface area contributed by atoms with Crippen LogP contribution < -0.4 is 5.73 Å². The van der Waals surface area contributed by atoms with Gasteiger partial charge in [-0.1, -0.05) is 74.5 Å². The van der Waals surface area contributed by atoms with Gasteiger partial charge in [-0.25, -0.2) is 4.99 Å². The van der Waals surface area contributed by atoms with E-state index in [1.165, 1.54) is 4.90 Å². The van der Waals surface area contributed by atoms with Crippen LogP contribution in [0.1, 0.15) is 44.2 Å². The lowest BCUT2D eigenvalue weighted by molar-refractivity contribution is -0.129. The van der Waals surface area contributed by atoms with Crippen molar-refractivity contribution >= 4 is 23.5 Å². The molecule has 2 aliphatic rings. The van der Waals surface area contributed by atoms with Crippen LogP contribution in [0.25, 0.3) is 0 Å². The van der Waals surface area contributed by atoms with E-state index in [1.54, 1.807) is 6.20 Å². The standard InChI is InChI=1S/C27H31N5O2/c1-3-15-31(16-4-2)24(33)23-17-20(18-29-23)19-32-25(34)27(30-26(32)28,21-11-7-5-8-12-21)22-13-9-6-10-14-22/h5-14,18H,3-4,15-17,19H2,1-2H3,(H2,28,30). The summed E-state index contributed by atoms with van der Waals surface area (Å²) in [5.41, 5.74) is 8.00. The number of aliphatic imine (C=N–C) groups is 2. The number of benzene rings is 2. The van der Waals surface area contributed by atoms with Crippen molar-refractivity contribution in [2.24, 2.45) is 15.7 Å². The molecule has 7 nitrogen and oxygen atoms in total. The molecule has 2 aromatic carbocycles. The van der Waals surface area contributed by atoms with E-state index >= 15 is 0 Å². The zero-order chi connectivity index (χ0) is 24.1. The number of hydrogen-bond donors (Lipinski definition) is 1. The summed E-state index contributed by atoms with van der Waals surface area (Å²) in [7, 11) is 0. The predicted molar refractivity (Wildman–Crippen MR) is 134 cm³/mol. The molecule has 7 heteroatoms. The maximum atomic E-state index is 13.9. The second kappa shape index (κ2) is 10.0. The summed E-state index contributed by atoms with van der Waals surface area (Å²) in [6.45, 7) is 5.78. The van der Waals surface area contributed by atoms with Gasteiger partial charge in [0.2, 0.25) is 0 Å². The molecule has 34 heavy (non-hydrogen) atoms. The fourth-order valence-electron chi connectivity index (χ4n) is 4.58. The Kier molecular flexibility index (Phi) is 6.91. The minimum atomic E-state index is -1.23. The number of hydrogen-bond acceptors (Lipinski definition) is 5. The van der Waals surface area contributed by atoms with Crippen molar-refractivity contribution in [2.45, 2.75) is 38.6 Å². The summed E-state index contributed by atoms with van der Waals surface area (Å²) < 4.78 is 0. The summed E-state index contributed by atoms with van der Waals surface area (Å²) in [4.78, 5) is 39.3. The molecule has 2 aromatic rings. The maximum absolute atomic E-state index is 13.9. The van der Waals surface area contributed by atoms with E-state index in [4.69, 9.17) is 10.7 Å². The number of nitrogens with zero attached hydrogens (tertiary/aromatic N) is 4. The summed E-state index contributed by atoms with van der Waals surface area (Å²) >= 11 is 0. The van der Waals surface area contributed by atoms with Gasteiger partial charge in [-0.05, 0) is 29.5 Å². The Bertz CT molecular complexity index is 1090. The molecular formula is C27H31N5O2. The van der Waals surface area contributed by atoms with Gasteiger partial charge in [-0.2, -0.15) is 0 Å². The first kappa shape index (κ1) is 23.4. The van der Waals surface area contributed by atoms with Crippen molar-refractivity contribution < 1.29 is 9.59 Å². The van der Waals surface area contributed by atoms with E-state index in [0.717, 1.165) is 29.5 Å². The maximum Gasteiger partial charge on any atom is 0.268 e. The highest BCUT2D eigenvalue weighted by atomic mass is 16.2. The topological polar surface area (TPSA) is 91.4 Å². The molecule has 2 N–H and O–H groups in total. The zero-order valence-corrected chi connectivity index (χ0v) is 19.8. The summed E-state index contributed by atoms with van der Waals surface area (Å²) in [5.74, 6) is -0.0779. The number of guanidine groups is 1. The molecule has 176 valence electrons. The summed E-state index contributed by atoms with van der Waals surface area (Å²) in [6, 6.07) is 19.0. The molecule has 0 spiro atoms. The first-order valence-electron chi connectivity index (χ1n) is 11.8. The summed E-state index contributed by atoms with van der Waals surface area (Å²) in [6.07, 6.45) is 3.89. The van der Waals surface area contributed by atoms with Crippen LogP contribution >= 0.6 is 0 Å². The van der Waals surface area contributed by atoms with Crippen LogP contribution in [0.3, 0.4) is 0 Å². The molecule has 0 radical (unpaired) electrons. The molecule has 0 aromatic heterocycles. The lowest BCUT2D eigenvalue weighted by Crippen LogP contribution is -2.44. The van der Waals surface area contributed by atoms with Gasteiger partial charge in [0.1, 0.15) is 5.71 Å². The van der Waals surface area contributed by atoms with Crippen LogP contribution in [0, 0.1) is 0 Å². The number of nitrogens with two attached hydrogens (primary N) is 1. The third-order valence-electron chi connectivity index (χ3n) is 6.18. The number of carbonyl (C=O) groups is 2. The molecule has 2 heterocycles. The second-order valence-corrected chi connectivity index (χ2v) is 8.64. The number of rotatable bonds is 9. The first-order valence-corrected chi connectivity index (χ1v) is 11.8. The highest BCUT2D eigenvalue weighted by Crippen LogP contribution is 2.39. The molecule has 0 unspecified atom stereocenters. The Morgan fingerprint density at radius 2 is 1.56 bits per heavy atom. The normalized spacial score (nSPS) is 16.8. The molecule has 0 aliphatic carbocycles. The van der Waals surface area contributed by atoms with E-state index in [0.29, 0.717) is 25.2 Å². The summed E-state index contributed by atoms with van der Waals surface area (Å²) in [5, 5.41) is 0. The molecule has 0 bridgehead atoms. The predicted octanol–water partition coefficient (Wildman–Crippen LogP) is 3.46. The van der Waals surface area contributed by atoms with Crippen LogP contribution in [0.5, 0.6) is 0 Å². The van der Waals surface area contributed by atoms with Gasteiger partial charge in [0.15, 0.2) is 11.5 Å². The van der Waals surface area contributed by atoms with Gasteiger partial charge in [-0.3, -0.25) is 19.5 Å². The number of carbonyl (C=O) groups excluding carboxylic acids is 2. The molecular weight excluding hydrogens is 426 g/mol. The zero-order valence-electron chi connectivity index (χ0n) is 19.8. The largest absolute Gasteiger partial charge is 0.369 e. The van der Waals surface area contributed by atoms with Crippen molar-refractivity contribution in [1.29, 1.82) is 0 Å². The van der Waals surface area contributed by atoms with E-state index in [-0.39, 0.29) is 24.3 Å². The van der Waals surface area contributed by atoms with E-state index in [2.05, 4.69) is 18.8 Å². The van der Waals surface area contributed by atoms with Gasteiger partial charge in [-0.15, -0.1) is 0 Å². The minimum absolute atomic E-state index is 0.0349. The van der Waals surface area contributed by atoms with Gasteiger partial charge in [0, 0.05) is 25.7 Å². The monoisotopic (exact) mass is 457 g/mol. The molecule has 2 amide bonds. The fraction of sp³-hybridized carbons (Fsp3) is 0.333. The van der Waals surface area contributed by atoms with Crippen LogP contribution in [-0.4, -0.2) is 52.9 Å². The molecule has 0 atom stereocenters. The average Bonchev–Trinajstić information content (AvgIpc) is 3.43. The number of amides is 2. The first-order chi connectivity index (χ1) is 16.5. The van der Waals surface area contributed by atoms with Crippen molar-refractivity contribution in [3.8, 4) is 0 Å². The van der Waals surface area contributed by atoms with Crippen molar-refractivity contribution in [3.63, 3.8) is 0 Å². The molecule has 2 aliphatic heterocycles. The van der Waals surface area contributed by atoms with E-state index < -0.39 is 5.54 Å². The van der Waals surface area contributed by atoms with Gasteiger partial charge >= 0.3 is 0 Å². The average molecular weight is 458 g/mol.